The summed E-state index contributed by atoms with van der Waals surface area (Å²) in [6.07, 6.45) is 0.115. The number of halogens is 1. The number of aromatic nitrogens is 1. The summed E-state index contributed by atoms with van der Waals surface area (Å²) < 4.78 is 10.9. The largest absolute Gasteiger partial charge is 0.497 e. The molecule has 0 aliphatic carbocycles. The second kappa shape index (κ2) is 6.55. The molecule has 0 spiro atoms. The highest BCUT2D eigenvalue weighted by molar-refractivity contribution is 6.18. The van der Waals surface area contributed by atoms with Gasteiger partial charge in [0.15, 0.2) is 0 Å². The molecule has 0 amide bonds. The number of methoxy groups -OCH3 is 1. The van der Waals surface area contributed by atoms with Crippen molar-refractivity contribution in [3.8, 4) is 5.75 Å². The Morgan fingerprint density at radius 1 is 1.53 bits per heavy atom. The van der Waals surface area contributed by atoms with E-state index < -0.39 is 0 Å². The Morgan fingerprint density at radius 2 is 2.32 bits per heavy atom. The average molecular weight is 285 g/mol. The average Bonchev–Trinajstić information content (AvgIpc) is 2.40. The highest BCUT2D eigenvalue weighted by atomic mass is 35.5. The molecule has 19 heavy (non-hydrogen) atoms. The van der Waals surface area contributed by atoms with E-state index in [1.165, 1.54) is 0 Å². The number of alkyl halides is 1. The quantitative estimate of drug-likeness (QED) is 0.794. The summed E-state index contributed by atoms with van der Waals surface area (Å²) in [5.41, 5.74) is 2.00. The maximum atomic E-state index is 5.88. The molecule has 1 aromatic rings. The molecule has 1 aromatic heterocycles. The standard InChI is InChI=1S/C14H21ClN2O2/c1-10-4-13(18-3)5-12(16-10)7-17-8-14(6-15)19-9-11(17)2/h4-5,11,14H,6-9H2,1-3H3. The van der Waals surface area contributed by atoms with Crippen LogP contribution in [-0.2, 0) is 11.3 Å². The van der Waals surface area contributed by atoms with E-state index in [1.54, 1.807) is 7.11 Å². The second-order valence-corrected chi connectivity index (χ2v) is 5.34. The van der Waals surface area contributed by atoms with Crippen molar-refractivity contribution in [3.63, 3.8) is 0 Å². The number of pyridine rings is 1. The Balaban J connectivity index is 2.08. The van der Waals surface area contributed by atoms with Gasteiger partial charge >= 0.3 is 0 Å². The SMILES string of the molecule is COc1cc(C)nc(CN2CC(CCl)OCC2C)c1. The minimum Gasteiger partial charge on any atom is -0.497 e. The van der Waals surface area contributed by atoms with E-state index in [0.717, 1.165) is 36.8 Å². The molecule has 2 rings (SSSR count). The summed E-state index contributed by atoms with van der Waals surface area (Å²) in [6.45, 7) is 6.52. The zero-order valence-electron chi connectivity index (χ0n) is 11.7. The van der Waals surface area contributed by atoms with Gasteiger partial charge in [-0.3, -0.25) is 9.88 Å². The van der Waals surface area contributed by atoms with Crippen molar-refractivity contribution in [2.75, 3.05) is 26.1 Å². The monoisotopic (exact) mass is 284 g/mol. The summed E-state index contributed by atoms with van der Waals surface area (Å²) in [7, 11) is 1.68. The maximum absolute atomic E-state index is 5.88. The van der Waals surface area contributed by atoms with Crippen LogP contribution < -0.4 is 4.74 Å². The van der Waals surface area contributed by atoms with Gasteiger partial charge in [0.2, 0.25) is 0 Å². The van der Waals surface area contributed by atoms with E-state index in [2.05, 4.69) is 16.8 Å². The molecule has 106 valence electrons. The van der Waals surface area contributed by atoms with E-state index in [4.69, 9.17) is 21.1 Å². The van der Waals surface area contributed by atoms with Crippen molar-refractivity contribution in [3.05, 3.63) is 23.5 Å². The molecule has 1 saturated heterocycles. The predicted molar refractivity (Wildman–Crippen MR) is 75.9 cm³/mol. The van der Waals surface area contributed by atoms with Crippen LogP contribution in [0.3, 0.4) is 0 Å². The van der Waals surface area contributed by atoms with Gasteiger partial charge in [0.1, 0.15) is 5.75 Å². The molecule has 4 nitrogen and oxygen atoms in total. The molecule has 2 heterocycles. The first-order chi connectivity index (χ1) is 9.12. The summed E-state index contributed by atoms with van der Waals surface area (Å²) in [4.78, 5) is 6.92. The van der Waals surface area contributed by atoms with E-state index >= 15 is 0 Å². The molecule has 0 saturated carbocycles. The van der Waals surface area contributed by atoms with Crippen LogP contribution in [0.5, 0.6) is 5.75 Å². The van der Waals surface area contributed by atoms with E-state index in [9.17, 15) is 0 Å². The van der Waals surface area contributed by atoms with Crippen LogP contribution in [0.4, 0.5) is 0 Å². The maximum Gasteiger partial charge on any atom is 0.122 e. The van der Waals surface area contributed by atoms with Gasteiger partial charge < -0.3 is 9.47 Å². The van der Waals surface area contributed by atoms with Crippen molar-refractivity contribution in [1.82, 2.24) is 9.88 Å². The van der Waals surface area contributed by atoms with E-state index in [0.29, 0.717) is 11.9 Å². The van der Waals surface area contributed by atoms with Crippen LogP contribution in [0.15, 0.2) is 12.1 Å². The molecule has 0 bridgehead atoms. The van der Waals surface area contributed by atoms with Crippen LogP contribution in [-0.4, -0.2) is 48.2 Å². The first-order valence-electron chi connectivity index (χ1n) is 6.55. The van der Waals surface area contributed by atoms with Crippen molar-refractivity contribution in [2.24, 2.45) is 0 Å². The molecular formula is C14H21ClN2O2. The number of aryl methyl sites for hydroxylation is 1. The van der Waals surface area contributed by atoms with Gasteiger partial charge in [0, 0.05) is 42.8 Å². The molecule has 2 unspecified atom stereocenters. The minimum absolute atomic E-state index is 0.115. The lowest BCUT2D eigenvalue weighted by Crippen LogP contribution is -2.48. The van der Waals surface area contributed by atoms with Gasteiger partial charge in [-0.1, -0.05) is 0 Å². The number of rotatable bonds is 4. The topological polar surface area (TPSA) is 34.6 Å². The molecule has 1 aliphatic heterocycles. The third-order valence-corrected chi connectivity index (χ3v) is 3.73. The number of nitrogens with zero attached hydrogens (tertiary/aromatic N) is 2. The third-order valence-electron chi connectivity index (χ3n) is 3.39. The molecule has 0 N–H and O–H groups in total. The lowest BCUT2D eigenvalue weighted by molar-refractivity contribution is -0.0514. The fraction of sp³-hybridized carbons (Fsp3) is 0.643. The third kappa shape index (κ3) is 3.81. The molecule has 1 fully saturated rings. The highest BCUT2D eigenvalue weighted by Gasteiger charge is 2.25. The van der Waals surface area contributed by atoms with Crippen molar-refractivity contribution in [2.45, 2.75) is 32.5 Å². The zero-order chi connectivity index (χ0) is 13.8. The highest BCUT2D eigenvalue weighted by Crippen LogP contribution is 2.19. The number of hydrogen-bond donors (Lipinski definition) is 0. The summed E-state index contributed by atoms with van der Waals surface area (Å²) in [6, 6.07) is 4.31. The lowest BCUT2D eigenvalue weighted by atomic mass is 10.2. The Hall–Kier alpha value is -0.840. The smallest absolute Gasteiger partial charge is 0.122 e. The summed E-state index contributed by atoms with van der Waals surface area (Å²) in [5.74, 6) is 1.39. The van der Waals surface area contributed by atoms with Crippen LogP contribution in [0.25, 0.3) is 0 Å². The van der Waals surface area contributed by atoms with Gasteiger partial charge in [-0.15, -0.1) is 11.6 Å². The lowest BCUT2D eigenvalue weighted by Gasteiger charge is -2.37. The molecular weight excluding hydrogens is 264 g/mol. The van der Waals surface area contributed by atoms with Crippen LogP contribution >= 0.6 is 11.6 Å². The van der Waals surface area contributed by atoms with E-state index in [-0.39, 0.29) is 6.10 Å². The van der Waals surface area contributed by atoms with Crippen molar-refractivity contribution < 1.29 is 9.47 Å². The second-order valence-electron chi connectivity index (χ2n) is 5.03. The Morgan fingerprint density at radius 3 is 3.00 bits per heavy atom. The van der Waals surface area contributed by atoms with Gasteiger partial charge in [0.25, 0.3) is 0 Å². The predicted octanol–water partition coefficient (Wildman–Crippen LogP) is 2.23. The fourth-order valence-corrected chi connectivity index (χ4v) is 2.49. The summed E-state index contributed by atoms with van der Waals surface area (Å²) in [5, 5.41) is 0. The van der Waals surface area contributed by atoms with Gasteiger partial charge in [-0.2, -0.15) is 0 Å². The van der Waals surface area contributed by atoms with Gasteiger partial charge in [0.05, 0.1) is 25.5 Å². The zero-order valence-corrected chi connectivity index (χ0v) is 12.5. The van der Waals surface area contributed by atoms with Crippen molar-refractivity contribution in [1.29, 1.82) is 0 Å². The minimum atomic E-state index is 0.115. The molecule has 0 radical (unpaired) electrons. The molecule has 5 heteroatoms. The van der Waals surface area contributed by atoms with Crippen LogP contribution in [0, 0.1) is 6.92 Å². The molecule has 2 atom stereocenters. The number of hydrogen-bond acceptors (Lipinski definition) is 4. The van der Waals surface area contributed by atoms with Gasteiger partial charge in [-0.25, -0.2) is 0 Å². The normalized spacial score (nSPS) is 24.4. The summed E-state index contributed by atoms with van der Waals surface area (Å²) >= 11 is 5.88. The van der Waals surface area contributed by atoms with Crippen molar-refractivity contribution >= 4 is 11.6 Å². The Bertz CT molecular complexity index is 428. The molecule has 0 aromatic carbocycles. The number of ether oxygens (including phenoxy) is 2. The Kier molecular flexibility index (Phi) is 5.02. The molecule has 1 aliphatic rings. The first-order valence-corrected chi connectivity index (χ1v) is 7.09. The van der Waals surface area contributed by atoms with Crippen LogP contribution in [0.1, 0.15) is 18.3 Å². The van der Waals surface area contributed by atoms with E-state index in [1.807, 2.05) is 19.1 Å². The number of morpholine rings is 1. The van der Waals surface area contributed by atoms with Crippen LogP contribution in [0.2, 0.25) is 0 Å². The Labute approximate surface area is 119 Å². The fourth-order valence-electron chi connectivity index (χ4n) is 2.30. The first kappa shape index (κ1) is 14.6. The van der Waals surface area contributed by atoms with Gasteiger partial charge in [-0.05, 0) is 13.8 Å².